The second-order valence-electron chi connectivity index (χ2n) is 7.96. The number of ether oxygens (including phenoxy) is 1. The Morgan fingerprint density at radius 2 is 1.78 bits per heavy atom. The van der Waals surface area contributed by atoms with Gasteiger partial charge in [0.05, 0.1) is 6.04 Å². The molecule has 0 bridgehead atoms. The summed E-state index contributed by atoms with van der Waals surface area (Å²) in [5.74, 6) is -0.0795. The maximum atomic E-state index is 12.7. The van der Waals surface area contributed by atoms with E-state index in [0.717, 1.165) is 16.5 Å². The van der Waals surface area contributed by atoms with Crippen LogP contribution in [-0.4, -0.2) is 64.6 Å². The summed E-state index contributed by atoms with van der Waals surface area (Å²) in [6.45, 7) is 7.39. The van der Waals surface area contributed by atoms with Crippen molar-refractivity contribution in [3.8, 4) is 0 Å². The molecule has 3 N–H and O–H groups in total. The summed E-state index contributed by atoms with van der Waals surface area (Å²) in [7, 11) is 0. The molecule has 1 aliphatic heterocycles. The number of aromatic amines is 1. The number of nitrogens with two attached hydrogens (primary N) is 1. The Kier molecular flexibility index (Phi) is 5.41. The zero-order chi connectivity index (χ0) is 19.6. The van der Waals surface area contributed by atoms with Crippen LogP contribution in [0.4, 0.5) is 4.79 Å². The van der Waals surface area contributed by atoms with Gasteiger partial charge in [0.2, 0.25) is 5.91 Å². The third-order valence-corrected chi connectivity index (χ3v) is 4.67. The number of fused-ring (bicyclic) bond motifs is 1. The molecule has 7 heteroatoms. The summed E-state index contributed by atoms with van der Waals surface area (Å²) in [4.78, 5) is 31.4. The largest absolute Gasteiger partial charge is 0.444 e. The second kappa shape index (κ2) is 7.60. The van der Waals surface area contributed by atoms with E-state index in [4.69, 9.17) is 10.5 Å². The minimum absolute atomic E-state index is 0.0795. The molecule has 1 saturated heterocycles. The molecule has 1 aromatic heterocycles. The molecule has 146 valence electrons. The van der Waals surface area contributed by atoms with Crippen molar-refractivity contribution in [2.24, 2.45) is 5.73 Å². The van der Waals surface area contributed by atoms with E-state index in [2.05, 4.69) is 4.98 Å². The Balaban J connectivity index is 1.55. The zero-order valence-electron chi connectivity index (χ0n) is 16.2. The molecule has 0 aliphatic carbocycles. The van der Waals surface area contributed by atoms with E-state index in [1.165, 1.54) is 0 Å². The van der Waals surface area contributed by atoms with Crippen LogP contribution in [0.25, 0.3) is 10.9 Å². The second-order valence-corrected chi connectivity index (χ2v) is 7.96. The van der Waals surface area contributed by atoms with E-state index < -0.39 is 11.6 Å². The van der Waals surface area contributed by atoms with Crippen molar-refractivity contribution in [2.45, 2.75) is 38.8 Å². The summed E-state index contributed by atoms with van der Waals surface area (Å²) < 4.78 is 5.39. The molecule has 2 aromatic rings. The Hall–Kier alpha value is -2.54. The fourth-order valence-electron chi connectivity index (χ4n) is 3.30. The first-order valence-electron chi connectivity index (χ1n) is 9.32. The van der Waals surface area contributed by atoms with Crippen LogP contribution in [0.5, 0.6) is 0 Å². The van der Waals surface area contributed by atoms with Gasteiger partial charge in [0.1, 0.15) is 5.60 Å². The first kappa shape index (κ1) is 19.2. The van der Waals surface area contributed by atoms with Crippen molar-refractivity contribution in [3.05, 3.63) is 36.0 Å². The lowest BCUT2D eigenvalue weighted by Crippen LogP contribution is -2.55. The van der Waals surface area contributed by atoms with Gasteiger partial charge in [-0.15, -0.1) is 0 Å². The lowest BCUT2D eigenvalue weighted by molar-refractivity contribution is -0.134. The van der Waals surface area contributed by atoms with Crippen LogP contribution in [0.15, 0.2) is 30.5 Å². The van der Waals surface area contributed by atoms with Crippen LogP contribution < -0.4 is 5.73 Å². The molecule has 2 heterocycles. The number of H-pyrrole nitrogens is 1. The SMILES string of the molecule is CC(C)(C)OC(=O)N1CCN(C(=O)C(N)Cc2c[nH]c3ccccc23)CC1. The highest BCUT2D eigenvalue weighted by Crippen LogP contribution is 2.19. The molecule has 1 atom stereocenters. The highest BCUT2D eigenvalue weighted by Gasteiger charge is 2.29. The number of piperazine rings is 1. The molecule has 1 unspecified atom stereocenters. The first-order chi connectivity index (χ1) is 12.7. The number of hydrogen-bond acceptors (Lipinski definition) is 4. The molecule has 0 radical (unpaired) electrons. The fraction of sp³-hybridized carbons (Fsp3) is 0.500. The summed E-state index contributed by atoms with van der Waals surface area (Å²) >= 11 is 0. The maximum absolute atomic E-state index is 12.7. The molecule has 3 rings (SSSR count). The average Bonchev–Trinajstić information content (AvgIpc) is 3.03. The highest BCUT2D eigenvalue weighted by atomic mass is 16.6. The maximum Gasteiger partial charge on any atom is 0.410 e. The molecule has 1 fully saturated rings. The predicted molar refractivity (Wildman–Crippen MR) is 104 cm³/mol. The van der Waals surface area contributed by atoms with Crippen LogP contribution in [0.3, 0.4) is 0 Å². The number of rotatable bonds is 3. The molecule has 2 amide bonds. The van der Waals surface area contributed by atoms with Crippen LogP contribution >= 0.6 is 0 Å². The van der Waals surface area contributed by atoms with Gasteiger partial charge in [0, 0.05) is 43.3 Å². The summed E-state index contributed by atoms with van der Waals surface area (Å²) in [5.41, 5.74) is 7.76. The molecular formula is C20H28N4O3. The normalized spacial score (nSPS) is 16.4. The van der Waals surface area contributed by atoms with Gasteiger partial charge < -0.3 is 25.3 Å². The number of benzene rings is 1. The molecule has 0 saturated carbocycles. The molecule has 1 aliphatic rings. The predicted octanol–water partition coefficient (Wildman–Crippen LogP) is 2.12. The van der Waals surface area contributed by atoms with Gasteiger partial charge in [0.15, 0.2) is 0 Å². The number of nitrogens with zero attached hydrogens (tertiary/aromatic N) is 2. The standard InChI is InChI=1S/C20H28N4O3/c1-20(2,3)27-19(26)24-10-8-23(9-11-24)18(25)16(21)12-14-13-22-17-7-5-4-6-15(14)17/h4-7,13,16,22H,8-12,21H2,1-3H3. The number of aromatic nitrogens is 1. The first-order valence-corrected chi connectivity index (χ1v) is 9.32. The van der Waals surface area contributed by atoms with E-state index in [0.29, 0.717) is 32.6 Å². The van der Waals surface area contributed by atoms with Gasteiger partial charge in [-0.3, -0.25) is 4.79 Å². The van der Waals surface area contributed by atoms with E-state index in [1.807, 2.05) is 51.2 Å². The number of nitrogens with one attached hydrogen (secondary N) is 1. The molecule has 0 spiro atoms. The topological polar surface area (TPSA) is 91.7 Å². The smallest absolute Gasteiger partial charge is 0.410 e. The monoisotopic (exact) mass is 372 g/mol. The lowest BCUT2D eigenvalue weighted by Gasteiger charge is -2.36. The quantitative estimate of drug-likeness (QED) is 0.863. The van der Waals surface area contributed by atoms with Gasteiger partial charge >= 0.3 is 6.09 Å². The van der Waals surface area contributed by atoms with Gasteiger partial charge in [-0.05, 0) is 38.8 Å². The van der Waals surface area contributed by atoms with Crippen molar-refractivity contribution in [1.82, 2.24) is 14.8 Å². The zero-order valence-corrected chi connectivity index (χ0v) is 16.2. The molecule has 27 heavy (non-hydrogen) atoms. The number of hydrogen-bond donors (Lipinski definition) is 2. The Morgan fingerprint density at radius 3 is 2.44 bits per heavy atom. The fourth-order valence-corrected chi connectivity index (χ4v) is 3.30. The number of carbonyl (C=O) groups excluding carboxylic acids is 2. The van der Waals surface area contributed by atoms with Crippen LogP contribution in [0, 0.1) is 0 Å². The third kappa shape index (κ3) is 4.60. The molecular weight excluding hydrogens is 344 g/mol. The van der Waals surface area contributed by atoms with Gasteiger partial charge in [-0.1, -0.05) is 18.2 Å². The van der Waals surface area contributed by atoms with Crippen molar-refractivity contribution >= 4 is 22.9 Å². The average molecular weight is 372 g/mol. The highest BCUT2D eigenvalue weighted by molar-refractivity contribution is 5.86. The van der Waals surface area contributed by atoms with Crippen molar-refractivity contribution in [2.75, 3.05) is 26.2 Å². The minimum Gasteiger partial charge on any atom is -0.444 e. The van der Waals surface area contributed by atoms with Crippen LogP contribution in [0.2, 0.25) is 0 Å². The minimum atomic E-state index is -0.600. The molecule has 7 nitrogen and oxygen atoms in total. The Bertz CT molecular complexity index is 816. The van der Waals surface area contributed by atoms with Gasteiger partial charge in [0.25, 0.3) is 0 Å². The summed E-state index contributed by atoms with van der Waals surface area (Å²) in [6.07, 6.45) is 2.06. The van der Waals surface area contributed by atoms with E-state index in [9.17, 15) is 9.59 Å². The lowest BCUT2D eigenvalue weighted by atomic mass is 10.0. The van der Waals surface area contributed by atoms with Crippen LogP contribution in [-0.2, 0) is 16.0 Å². The third-order valence-electron chi connectivity index (χ3n) is 4.67. The van der Waals surface area contributed by atoms with E-state index >= 15 is 0 Å². The summed E-state index contributed by atoms with van der Waals surface area (Å²) in [5, 5.41) is 1.09. The summed E-state index contributed by atoms with van der Waals surface area (Å²) in [6, 6.07) is 7.37. The Labute approximate surface area is 159 Å². The van der Waals surface area contributed by atoms with Crippen LogP contribution in [0.1, 0.15) is 26.3 Å². The van der Waals surface area contributed by atoms with Crippen molar-refractivity contribution in [1.29, 1.82) is 0 Å². The molecule has 1 aromatic carbocycles. The van der Waals surface area contributed by atoms with Crippen molar-refractivity contribution < 1.29 is 14.3 Å². The van der Waals surface area contributed by atoms with Crippen molar-refractivity contribution in [3.63, 3.8) is 0 Å². The number of carbonyl (C=O) groups is 2. The van der Waals surface area contributed by atoms with Gasteiger partial charge in [-0.25, -0.2) is 4.79 Å². The van der Waals surface area contributed by atoms with E-state index in [1.54, 1.807) is 9.80 Å². The number of amides is 2. The number of para-hydroxylation sites is 1. The van der Waals surface area contributed by atoms with Gasteiger partial charge in [-0.2, -0.15) is 0 Å². The Morgan fingerprint density at radius 1 is 1.15 bits per heavy atom. The van der Waals surface area contributed by atoms with E-state index in [-0.39, 0.29) is 12.0 Å².